The topological polar surface area (TPSA) is 85.5 Å². The Bertz CT molecular complexity index is 1100. The molecule has 4 rings (SSSR count). The maximum absolute atomic E-state index is 11.7. The highest BCUT2D eigenvalue weighted by molar-refractivity contribution is 7.86. The molecule has 0 saturated heterocycles. The van der Waals surface area contributed by atoms with Crippen LogP contribution in [0.3, 0.4) is 0 Å². The summed E-state index contributed by atoms with van der Waals surface area (Å²) in [4.78, 5) is 4.41. The molecule has 6 nitrogen and oxygen atoms in total. The van der Waals surface area contributed by atoms with E-state index in [-0.39, 0.29) is 0 Å². The lowest BCUT2D eigenvalue weighted by Crippen LogP contribution is -2.40. The lowest BCUT2D eigenvalue weighted by Gasteiger charge is -2.26. The third kappa shape index (κ3) is 3.05. The summed E-state index contributed by atoms with van der Waals surface area (Å²) in [5.41, 5.74) is 5.07. The monoisotopic (exact) mass is 369 g/mol. The van der Waals surface area contributed by atoms with E-state index in [9.17, 15) is 8.42 Å². The second-order valence-electron chi connectivity index (χ2n) is 6.35. The smallest absolute Gasteiger partial charge is 0.277 e. The first-order valence-electron chi connectivity index (χ1n) is 8.28. The summed E-state index contributed by atoms with van der Waals surface area (Å²) in [6, 6.07) is 13.9. The summed E-state index contributed by atoms with van der Waals surface area (Å²) in [6.07, 6.45) is 2.44. The number of hydrogen-bond acceptors (Lipinski definition) is 4. The van der Waals surface area contributed by atoms with Crippen molar-refractivity contribution in [3.63, 3.8) is 0 Å². The van der Waals surface area contributed by atoms with Crippen LogP contribution in [0.2, 0.25) is 0 Å². The van der Waals surface area contributed by atoms with Crippen molar-refractivity contribution in [1.82, 2.24) is 9.29 Å². The molecular formula is C19H19N3O3S. The zero-order chi connectivity index (χ0) is 18.3. The van der Waals surface area contributed by atoms with Gasteiger partial charge in [-0.15, -0.1) is 0 Å². The number of nitrogens with zero attached hydrogens (tertiary/aromatic N) is 2. The van der Waals surface area contributed by atoms with Crippen molar-refractivity contribution in [2.75, 3.05) is 13.7 Å². The molecule has 0 spiro atoms. The van der Waals surface area contributed by atoms with E-state index < -0.39 is 10.2 Å². The molecule has 0 amide bonds. The molecule has 2 heterocycles. The maximum Gasteiger partial charge on any atom is 0.277 e. The Morgan fingerprint density at radius 3 is 2.73 bits per heavy atom. The first-order valence-corrected chi connectivity index (χ1v) is 9.79. The Morgan fingerprint density at radius 2 is 1.96 bits per heavy atom. The van der Waals surface area contributed by atoms with E-state index in [1.807, 2.05) is 30.3 Å². The zero-order valence-corrected chi connectivity index (χ0v) is 15.2. The van der Waals surface area contributed by atoms with Crippen LogP contribution in [0.25, 0.3) is 22.0 Å². The summed E-state index contributed by atoms with van der Waals surface area (Å²) >= 11 is 0. The van der Waals surface area contributed by atoms with Crippen molar-refractivity contribution < 1.29 is 13.2 Å². The van der Waals surface area contributed by atoms with Gasteiger partial charge in [0, 0.05) is 24.7 Å². The molecule has 2 N–H and O–H groups in total. The molecule has 0 radical (unpaired) electrons. The van der Waals surface area contributed by atoms with E-state index in [2.05, 4.69) is 17.1 Å². The van der Waals surface area contributed by atoms with Gasteiger partial charge in [-0.1, -0.05) is 12.1 Å². The van der Waals surface area contributed by atoms with Gasteiger partial charge in [0.25, 0.3) is 10.2 Å². The summed E-state index contributed by atoms with van der Waals surface area (Å²) in [6.45, 7) is 0.717. The molecule has 0 aliphatic carbocycles. The number of fused-ring (bicyclic) bond motifs is 2. The highest BCUT2D eigenvalue weighted by atomic mass is 32.2. The molecule has 134 valence electrons. The van der Waals surface area contributed by atoms with Gasteiger partial charge in [-0.25, -0.2) is 5.14 Å². The fourth-order valence-corrected chi connectivity index (χ4v) is 4.08. The van der Waals surface area contributed by atoms with Gasteiger partial charge in [-0.3, -0.25) is 4.98 Å². The average molecular weight is 369 g/mol. The predicted octanol–water partition coefficient (Wildman–Crippen LogP) is 2.47. The van der Waals surface area contributed by atoms with Gasteiger partial charge < -0.3 is 4.74 Å². The number of nitrogens with two attached hydrogens (primary N) is 1. The summed E-state index contributed by atoms with van der Waals surface area (Å²) in [5.74, 6) is 0.769. The molecule has 0 bridgehead atoms. The van der Waals surface area contributed by atoms with Crippen LogP contribution in [-0.4, -0.2) is 31.4 Å². The van der Waals surface area contributed by atoms with Crippen LogP contribution >= 0.6 is 0 Å². The van der Waals surface area contributed by atoms with Crippen molar-refractivity contribution in [2.45, 2.75) is 13.0 Å². The maximum atomic E-state index is 11.7. The number of rotatable bonds is 3. The second-order valence-corrected chi connectivity index (χ2v) is 7.90. The third-order valence-electron chi connectivity index (χ3n) is 4.80. The van der Waals surface area contributed by atoms with Crippen LogP contribution in [0.5, 0.6) is 5.75 Å². The van der Waals surface area contributed by atoms with Crippen molar-refractivity contribution in [1.29, 1.82) is 0 Å². The molecule has 0 saturated carbocycles. The first kappa shape index (κ1) is 17.0. The molecule has 1 aliphatic rings. The van der Waals surface area contributed by atoms with E-state index in [1.165, 1.54) is 4.31 Å². The minimum absolute atomic E-state index is 0.300. The van der Waals surface area contributed by atoms with Gasteiger partial charge >= 0.3 is 0 Å². The molecule has 0 atom stereocenters. The minimum atomic E-state index is -3.68. The van der Waals surface area contributed by atoms with Crippen LogP contribution in [-0.2, 0) is 23.2 Å². The molecule has 7 heteroatoms. The van der Waals surface area contributed by atoms with E-state index in [4.69, 9.17) is 9.88 Å². The van der Waals surface area contributed by atoms with Crippen molar-refractivity contribution in [2.24, 2.45) is 5.14 Å². The fraction of sp³-hybridized carbons (Fsp3) is 0.211. The largest absolute Gasteiger partial charge is 0.497 e. The molecule has 1 aliphatic heterocycles. The van der Waals surface area contributed by atoms with Gasteiger partial charge in [0.1, 0.15) is 5.75 Å². The highest BCUT2D eigenvalue weighted by Crippen LogP contribution is 2.32. The Kier molecular flexibility index (Phi) is 4.14. The van der Waals surface area contributed by atoms with Crippen LogP contribution in [0.15, 0.2) is 48.7 Å². The van der Waals surface area contributed by atoms with Crippen molar-refractivity contribution in [3.05, 3.63) is 59.8 Å². The van der Waals surface area contributed by atoms with Crippen LogP contribution in [0, 0.1) is 0 Å². The molecule has 0 fully saturated rings. The number of benzene rings is 2. The Hall–Kier alpha value is -2.48. The summed E-state index contributed by atoms with van der Waals surface area (Å²) in [5, 5.41) is 6.29. The standard InChI is InChI=1S/C19H19N3O3S/c1-25-16-4-5-19-18(11-16)17(6-8-21-19)14-3-2-13-7-9-22(26(20,23)24)12-15(13)10-14/h2-6,8,10-11H,7,9,12H2,1H3,(H2,20,23,24). The van der Waals surface area contributed by atoms with Crippen molar-refractivity contribution in [3.8, 4) is 16.9 Å². The van der Waals surface area contributed by atoms with E-state index in [0.717, 1.165) is 38.9 Å². The first-order chi connectivity index (χ1) is 12.5. The van der Waals surface area contributed by atoms with Gasteiger partial charge in [0.2, 0.25) is 0 Å². The summed E-state index contributed by atoms with van der Waals surface area (Å²) in [7, 11) is -2.05. The summed E-state index contributed by atoms with van der Waals surface area (Å²) < 4.78 is 30.0. The predicted molar refractivity (Wildman–Crippen MR) is 101 cm³/mol. The number of ether oxygens (including phenoxy) is 1. The van der Waals surface area contributed by atoms with Crippen LogP contribution in [0.4, 0.5) is 0 Å². The molecular weight excluding hydrogens is 350 g/mol. The normalized spacial score (nSPS) is 15.0. The minimum Gasteiger partial charge on any atom is -0.497 e. The number of methoxy groups -OCH3 is 1. The van der Waals surface area contributed by atoms with E-state index in [1.54, 1.807) is 13.3 Å². The lowest BCUT2D eigenvalue weighted by atomic mass is 9.94. The van der Waals surface area contributed by atoms with Crippen molar-refractivity contribution >= 4 is 21.1 Å². The second kappa shape index (κ2) is 6.35. The number of aromatic nitrogens is 1. The highest BCUT2D eigenvalue weighted by Gasteiger charge is 2.24. The molecule has 26 heavy (non-hydrogen) atoms. The quantitative estimate of drug-likeness (QED) is 0.768. The van der Waals surface area contributed by atoms with Crippen LogP contribution < -0.4 is 9.88 Å². The Labute approximate surface area is 152 Å². The Morgan fingerprint density at radius 1 is 1.12 bits per heavy atom. The van der Waals surface area contributed by atoms with Gasteiger partial charge in [-0.05, 0) is 59.0 Å². The third-order valence-corrected chi connectivity index (χ3v) is 5.83. The van der Waals surface area contributed by atoms with Gasteiger partial charge in [0.05, 0.1) is 12.6 Å². The molecule has 2 aromatic carbocycles. The number of pyridine rings is 1. The number of hydrogen-bond donors (Lipinski definition) is 1. The molecule has 3 aromatic rings. The van der Waals surface area contributed by atoms with Gasteiger partial charge in [-0.2, -0.15) is 12.7 Å². The SMILES string of the molecule is COc1ccc2nccc(-c3ccc4c(c3)CN(S(N)(=O)=O)CC4)c2c1. The molecule has 1 aromatic heterocycles. The average Bonchev–Trinajstić information content (AvgIpc) is 2.65. The van der Waals surface area contributed by atoms with E-state index >= 15 is 0 Å². The lowest BCUT2D eigenvalue weighted by molar-refractivity contribution is 0.392. The zero-order valence-electron chi connectivity index (χ0n) is 14.3. The fourth-order valence-electron chi connectivity index (χ4n) is 3.42. The van der Waals surface area contributed by atoms with E-state index in [0.29, 0.717) is 19.5 Å². The van der Waals surface area contributed by atoms with Crippen LogP contribution in [0.1, 0.15) is 11.1 Å². The molecule has 0 unspecified atom stereocenters. The van der Waals surface area contributed by atoms with Gasteiger partial charge in [0.15, 0.2) is 0 Å². The Balaban J connectivity index is 1.82.